The molecule has 0 aliphatic carbocycles. The predicted octanol–water partition coefficient (Wildman–Crippen LogP) is 2.98. The van der Waals surface area contributed by atoms with Crippen LogP contribution in [-0.2, 0) is 0 Å². The fourth-order valence-corrected chi connectivity index (χ4v) is 2.26. The Labute approximate surface area is 94.0 Å². The first-order chi connectivity index (χ1) is 6.86. The molecule has 0 aromatic heterocycles. The Hall–Kier alpha value is 0.0500. The monoisotopic (exact) mass is 213 g/mol. The molecule has 0 spiro atoms. The van der Waals surface area contributed by atoms with E-state index in [0.717, 1.165) is 18.2 Å². The third-order valence-electron chi connectivity index (χ3n) is 3.15. The maximum Gasteiger partial charge on any atom is 0.0163 e. The molecule has 1 nitrogen and oxygen atoms in total. The summed E-state index contributed by atoms with van der Waals surface area (Å²) in [5.41, 5.74) is 0. The number of hydrogen-bond acceptors (Lipinski definition) is 2. The maximum atomic E-state index is 4.16. The third-order valence-corrected chi connectivity index (χ3v) is 3.36. The molecule has 1 fully saturated rings. The highest BCUT2D eigenvalue weighted by molar-refractivity contribution is 7.80. The number of thiol groups is 1. The van der Waals surface area contributed by atoms with Crippen LogP contribution in [0.15, 0.2) is 12.2 Å². The van der Waals surface area contributed by atoms with Gasteiger partial charge in [-0.05, 0) is 38.3 Å². The molecule has 1 rings (SSSR count). The van der Waals surface area contributed by atoms with Crippen molar-refractivity contribution in [3.8, 4) is 0 Å². The second-order valence-corrected chi connectivity index (χ2v) is 4.52. The maximum absolute atomic E-state index is 4.16. The van der Waals surface area contributed by atoms with E-state index in [4.69, 9.17) is 0 Å². The largest absolute Gasteiger partial charge is 0.300 e. The summed E-state index contributed by atoms with van der Waals surface area (Å²) in [6, 6.07) is 0. The molecule has 0 radical (unpaired) electrons. The van der Waals surface area contributed by atoms with Crippen molar-refractivity contribution in [2.45, 2.75) is 32.6 Å². The average molecular weight is 213 g/mol. The van der Waals surface area contributed by atoms with Crippen LogP contribution < -0.4 is 0 Å². The molecule has 2 heteroatoms. The van der Waals surface area contributed by atoms with Crippen LogP contribution in [0.5, 0.6) is 0 Å². The lowest BCUT2D eigenvalue weighted by molar-refractivity contribution is 0.309. The van der Waals surface area contributed by atoms with Crippen molar-refractivity contribution in [1.82, 2.24) is 4.90 Å². The van der Waals surface area contributed by atoms with Gasteiger partial charge in [-0.2, -0.15) is 12.6 Å². The zero-order chi connectivity index (χ0) is 10.2. The highest BCUT2D eigenvalue weighted by Crippen LogP contribution is 2.19. The first kappa shape index (κ1) is 12.1. The molecule has 1 saturated heterocycles. The lowest BCUT2D eigenvalue weighted by atomic mass is 9.98. The van der Waals surface area contributed by atoms with Gasteiger partial charge in [0.1, 0.15) is 0 Å². The van der Waals surface area contributed by atoms with Crippen molar-refractivity contribution in [1.29, 1.82) is 0 Å². The summed E-state index contributed by atoms with van der Waals surface area (Å²) in [6.45, 7) is 6.01. The van der Waals surface area contributed by atoms with Crippen molar-refractivity contribution in [2.75, 3.05) is 25.4 Å². The zero-order valence-electron chi connectivity index (χ0n) is 9.28. The first-order valence-corrected chi connectivity index (χ1v) is 6.48. The Bertz CT molecular complexity index is 168. The van der Waals surface area contributed by atoms with Crippen LogP contribution in [0.4, 0.5) is 0 Å². The molecule has 0 amide bonds. The molecule has 14 heavy (non-hydrogen) atoms. The van der Waals surface area contributed by atoms with Crippen LogP contribution in [0.1, 0.15) is 32.6 Å². The molecule has 1 atom stereocenters. The van der Waals surface area contributed by atoms with Crippen molar-refractivity contribution in [3.05, 3.63) is 12.2 Å². The van der Waals surface area contributed by atoms with E-state index < -0.39 is 0 Å². The lowest BCUT2D eigenvalue weighted by Gasteiger charge is -2.17. The molecule has 1 unspecified atom stereocenters. The van der Waals surface area contributed by atoms with E-state index in [2.05, 4.69) is 36.6 Å². The summed E-state index contributed by atoms with van der Waals surface area (Å²) in [5, 5.41) is 0. The molecule has 1 aliphatic rings. The normalized spacial score (nSPS) is 25.4. The Kier molecular flexibility index (Phi) is 6.37. The van der Waals surface area contributed by atoms with E-state index >= 15 is 0 Å². The van der Waals surface area contributed by atoms with E-state index in [0.29, 0.717) is 0 Å². The van der Waals surface area contributed by atoms with Crippen molar-refractivity contribution in [3.63, 3.8) is 0 Å². The lowest BCUT2D eigenvalue weighted by Crippen LogP contribution is -2.24. The Morgan fingerprint density at radius 1 is 1.29 bits per heavy atom. The van der Waals surface area contributed by atoms with E-state index in [1.54, 1.807) is 0 Å². The highest BCUT2D eigenvalue weighted by atomic mass is 32.1. The van der Waals surface area contributed by atoms with E-state index in [-0.39, 0.29) is 0 Å². The van der Waals surface area contributed by atoms with Crippen LogP contribution in [0.25, 0.3) is 0 Å². The summed E-state index contributed by atoms with van der Waals surface area (Å²) in [6.07, 6.45) is 9.96. The van der Waals surface area contributed by atoms with Gasteiger partial charge in [-0.1, -0.05) is 25.5 Å². The molecule has 0 saturated carbocycles. The molecule has 82 valence electrons. The summed E-state index contributed by atoms with van der Waals surface area (Å²) in [4.78, 5) is 2.57. The molecule has 0 aromatic carbocycles. The number of likely N-dealkylation sites (tertiary alicyclic amines) is 1. The second kappa shape index (κ2) is 7.36. The van der Waals surface area contributed by atoms with Gasteiger partial charge in [0.2, 0.25) is 0 Å². The topological polar surface area (TPSA) is 3.24 Å². The van der Waals surface area contributed by atoms with Crippen LogP contribution in [0, 0.1) is 5.92 Å². The van der Waals surface area contributed by atoms with Gasteiger partial charge < -0.3 is 0 Å². The molecule has 1 aliphatic heterocycles. The van der Waals surface area contributed by atoms with Gasteiger partial charge in [-0.15, -0.1) is 0 Å². The second-order valence-electron chi connectivity index (χ2n) is 4.16. The summed E-state index contributed by atoms with van der Waals surface area (Å²) in [7, 11) is 0. The number of hydrogen-bond donors (Lipinski definition) is 1. The van der Waals surface area contributed by atoms with Crippen molar-refractivity contribution < 1.29 is 0 Å². The van der Waals surface area contributed by atoms with Crippen LogP contribution in [0.2, 0.25) is 0 Å². The minimum atomic E-state index is 0.866. The van der Waals surface area contributed by atoms with Gasteiger partial charge >= 0.3 is 0 Å². The fraction of sp³-hybridized carbons (Fsp3) is 0.833. The molecular formula is C12H23NS. The number of nitrogens with zero attached hydrogens (tertiary/aromatic N) is 1. The molecular weight excluding hydrogens is 190 g/mol. The van der Waals surface area contributed by atoms with Crippen LogP contribution in [0.3, 0.4) is 0 Å². The SMILES string of the molecule is CCC1CCCN(CC=CCS)CC1. The average Bonchev–Trinajstić information content (AvgIpc) is 2.43. The van der Waals surface area contributed by atoms with Gasteiger partial charge in [0, 0.05) is 12.3 Å². The first-order valence-electron chi connectivity index (χ1n) is 5.85. The third kappa shape index (κ3) is 4.52. The molecule has 1 heterocycles. The van der Waals surface area contributed by atoms with Gasteiger partial charge in [0.25, 0.3) is 0 Å². The van der Waals surface area contributed by atoms with E-state index in [1.807, 2.05) is 0 Å². The molecule has 0 N–H and O–H groups in total. The Morgan fingerprint density at radius 3 is 2.86 bits per heavy atom. The highest BCUT2D eigenvalue weighted by Gasteiger charge is 2.14. The quantitative estimate of drug-likeness (QED) is 0.555. The van der Waals surface area contributed by atoms with Gasteiger partial charge in [0.05, 0.1) is 0 Å². The summed E-state index contributed by atoms with van der Waals surface area (Å²) < 4.78 is 0. The number of rotatable bonds is 4. The van der Waals surface area contributed by atoms with E-state index in [9.17, 15) is 0 Å². The van der Waals surface area contributed by atoms with Crippen LogP contribution >= 0.6 is 12.6 Å². The van der Waals surface area contributed by atoms with Crippen molar-refractivity contribution >= 4 is 12.6 Å². The molecule has 0 aromatic rings. The predicted molar refractivity (Wildman–Crippen MR) is 67.1 cm³/mol. The van der Waals surface area contributed by atoms with Crippen molar-refractivity contribution in [2.24, 2.45) is 5.92 Å². The minimum absolute atomic E-state index is 0.866. The minimum Gasteiger partial charge on any atom is -0.300 e. The summed E-state index contributed by atoms with van der Waals surface area (Å²) in [5.74, 6) is 1.85. The molecule has 0 bridgehead atoms. The van der Waals surface area contributed by atoms with Gasteiger partial charge in [0.15, 0.2) is 0 Å². The fourth-order valence-electron chi connectivity index (χ4n) is 2.11. The standard InChI is InChI=1S/C12H23NS/c1-2-12-6-5-9-13(10-7-12)8-3-4-11-14/h3-4,12,14H,2,5-11H2,1H3. The van der Waals surface area contributed by atoms with Gasteiger partial charge in [-0.3, -0.25) is 4.90 Å². The smallest absolute Gasteiger partial charge is 0.0163 e. The zero-order valence-corrected chi connectivity index (χ0v) is 10.2. The Balaban J connectivity index is 2.23. The summed E-state index contributed by atoms with van der Waals surface area (Å²) >= 11 is 4.16. The van der Waals surface area contributed by atoms with E-state index in [1.165, 1.54) is 38.8 Å². The Morgan fingerprint density at radius 2 is 2.14 bits per heavy atom. The van der Waals surface area contributed by atoms with Crippen LogP contribution in [-0.4, -0.2) is 30.3 Å². The van der Waals surface area contributed by atoms with Gasteiger partial charge in [-0.25, -0.2) is 0 Å².